The predicted octanol–water partition coefficient (Wildman–Crippen LogP) is 5.34. The second kappa shape index (κ2) is 8.10. The molecule has 0 saturated carbocycles. The first-order valence-electron chi connectivity index (χ1n) is 10.3. The third-order valence-corrected chi connectivity index (χ3v) is 5.47. The fourth-order valence-electron chi connectivity index (χ4n) is 3.78. The van der Waals surface area contributed by atoms with E-state index in [2.05, 4.69) is 64.2 Å². The highest BCUT2D eigenvalue weighted by atomic mass is 16.5. The number of fused-ring (bicyclic) bond motifs is 1. The fourth-order valence-corrected chi connectivity index (χ4v) is 3.78. The van der Waals surface area contributed by atoms with Gasteiger partial charge < -0.3 is 14.8 Å². The second-order valence-corrected chi connectivity index (χ2v) is 9.54. The van der Waals surface area contributed by atoms with Crippen molar-refractivity contribution < 1.29 is 14.3 Å². The highest BCUT2D eigenvalue weighted by molar-refractivity contribution is 5.77. The molecule has 1 N–H and O–H groups in total. The van der Waals surface area contributed by atoms with Crippen molar-refractivity contribution in [2.24, 2.45) is 0 Å². The first kappa shape index (κ1) is 21.2. The van der Waals surface area contributed by atoms with Gasteiger partial charge in [-0.2, -0.15) is 0 Å². The summed E-state index contributed by atoms with van der Waals surface area (Å²) in [7, 11) is 1.65. The minimum Gasteiger partial charge on any atom is -0.497 e. The van der Waals surface area contributed by atoms with Gasteiger partial charge in [0.05, 0.1) is 13.2 Å². The van der Waals surface area contributed by atoms with Crippen LogP contribution >= 0.6 is 0 Å². The standard InChI is InChI=1S/C25H33NO3/c1-24(2,3)18-10-7-17(8-11-18)9-14-23(27)26-21-16-25(4,5)29-22-13-12-19(28-6)15-20(21)22/h7-8,10-13,15,21H,9,14,16H2,1-6H3,(H,26,27)/t21-/m1/s1. The molecule has 0 unspecified atom stereocenters. The average molecular weight is 396 g/mol. The Balaban J connectivity index is 1.66. The quantitative estimate of drug-likeness (QED) is 0.743. The molecule has 29 heavy (non-hydrogen) atoms. The van der Waals surface area contributed by atoms with Crippen molar-refractivity contribution in [3.63, 3.8) is 0 Å². The van der Waals surface area contributed by atoms with Gasteiger partial charge in [-0.3, -0.25) is 4.79 Å². The maximum atomic E-state index is 12.7. The monoisotopic (exact) mass is 395 g/mol. The number of hydrogen-bond donors (Lipinski definition) is 1. The van der Waals surface area contributed by atoms with Gasteiger partial charge in [0.15, 0.2) is 0 Å². The molecule has 0 spiro atoms. The Labute approximate surface area is 174 Å². The molecule has 1 atom stereocenters. The summed E-state index contributed by atoms with van der Waals surface area (Å²) in [5.74, 6) is 1.64. The molecule has 0 aromatic heterocycles. The first-order valence-corrected chi connectivity index (χ1v) is 10.3. The molecule has 2 aromatic rings. The summed E-state index contributed by atoms with van der Waals surface area (Å²) in [6, 6.07) is 14.3. The molecule has 4 nitrogen and oxygen atoms in total. The molecule has 3 rings (SSSR count). The van der Waals surface area contributed by atoms with E-state index in [1.54, 1.807) is 7.11 Å². The van der Waals surface area contributed by atoms with Crippen LogP contribution in [-0.2, 0) is 16.6 Å². The number of aryl methyl sites for hydroxylation is 1. The summed E-state index contributed by atoms with van der Waals surface area (Å²) >= 11 is 0. The minimum absolute atomic E-state index is 0.0568. The van der Waals surface area contributed by atoms with E-state index >= 15 is 0 Å². The number of benzene rings is 2. The lowest BCUT2D eigenvalue weighted by molar-refractivity contribution is -0.122. The number of methoxy groups -OCH3 is 1. The number of rotatable bonds is 5. The van der Waals surface area contributed by atoms with Crippen LogP contribution in [0, 0.1) is 0 Å². The Morgan fingerprint density at radius 1 is 1.17 bits per heavy atom. The molecule has 1 heterocycles. The fraction of sp³-hybridized carbons (Fsp3) is 0.480. The zero-order valence-corrected chi connectivity index (χ0v) is 18.5. The van der Waals surface area contributed by atoms with E-state index in [0.29, 0.717) is 6.42 Å². The Morgan fingerprint density at radius 2 is 1.86 bits per heavy atom. The summed E-state index contributed by atoms with van der Waals surface area (Å²) in [4.78, 5) is 12.7. The van der Waals surface area contributed by atoms with Crippen LogP contribution in [-0.4, -0.2) is 18.6 Å². The molecule has 4 heteroatoms. The number of nitrogens with one attached hydrogen (secondary N) is 1. The normalized spacial score (nSPS) is 17.8. The van der Waals surface area contributed by atoms with Crippen molar-refractivity contribution in [1.82, 2.24) is 5.32 Å². The van der Waals surface area contributed by atoms with Gasteiger partial charge >= 0.3 is 0 Å². The Hall–Kier alpha value is -2.49. The molecule has 1 amide bonds. The van der Waals surface area contributed by atoms with Crippen LogP contribution in [0.1, 0.15) is 70.2 Å². The van der Waals surface area contributed by atoms with E-state index in [9.17, 15) is 4.79 Å². The van der Waals surface area contributed by atoms with E-state index in [1.807, 2.05) is 18.2 Å². The Morgan fingerprint density at radius 3 is 2.48 bits per heavy atom. The van der Waals surface area contributed by atoms with Gasteiger partial charge in [-0.1, -0.05) is 45.0 Å². The van der Waals surface area contributed by atoms with Gasteiger partial charge in [-0.05, 0) is 55.0 Å². The molecule has 0 aliphatic carbocycles. The number of carbonyl (C=O) groups is 1. The van der Waals surface area contributed by atoms with Crippen LogP contribution in [0.15, 0.2) is 42.5 Å². The Bertz CT molecular complexity index is 863. The van der Waals surface area contributed by atoms with E-state index in [0.717, 1.165) is 29.9 Å². The smallest absolute Gasteiger partial charge is 0.220 e. The van der Waals surface area contributed by atoms with Crippen LogP contribution in [0.25, 0.3) is 0 Å². The minimum atomic E-state index is -0.331. The van der Waals surface area contributed by atoms with Gasteiger partial charge in [0, 0.05) is 18.4 Å². The lowest BCUT2D eigenvalue weighted by Gasteiger charge is -2.38. The third-order valence-electron chi connectivity index (χ3n) is 5.47. The van der Waals surface area contributed by atoms with Crippen LogP contribution in [0.3, 0.4) is 0 Å². The largest absolute Gasteiger partial charge is 0.497 e. The van der Waals surface area contributed by atoms with Crippen LogP contribution in [0.2, 0.25) is 0 Å². The lowest BCUT2D eigenvalue weighted by atomic mass is 9.86. The summed E-state index contributed by atoms with van der Waals surface area (Å²) in [6.07, 6.45) is 1.92. The molecule has 0 radical (unpaired) electrons. The van der Waals surface area contributed by atoms with Gasteiger partial charge in [-0.15, -0.1) is 0 Å². The van der Waals surface area contributed by atoms with Crippen molar-refractivity contribution in [3.8, 4) is 11.5 Å². The van der Waals surface area contributed by atoms with Crippen LogP contribution in [0.5, 0.6) is 11.5 Å². The van der Waals surface area contributed by atoms with Crippen LogP contribution in [0.4, 0.5) is 0 Å². The maximum absolute atomic E-state index is 12.7. The van der Waals surface area contributed by atoms with E-state index < -0.39 is 0 Å². The second-order valence-electron chi connectivity index (χ2n) is 9.54. The van der Waals surface area contributed by atoms with Crippen molar-refractivity contribution >= 4 is 5.91 Å². The molecule has 1 aliphatic heterocycles. The molecule has 156 valence electrons. The average Bonchev–Trinajstić information content (AvgIpc) is 2.65. The molecule has 0 fully saturated rings. The summed E-state index contributed by atoms with van der Waals surface area (Å²) in [5.41, 5.74) is 3.28. The Kier molecular flexibility index (Phi) is 5.92. The van der Waals surface area contributed by atoms with Crippen molar-refractivity contribution in [2.45, 2.75) is 70.9 Å². The molecular weight excluding hydrogens is 362 g/mol. The van der Waals surface area contributed by atoms with Crippen molar-refractivity contribution in [1.29, 1.82) is 0 Å². The van der Waals surface area contributed by atoms with Gasteiger partial charge in [0.2, 0.25) is 5.91 Å². The summed E-state index contributed by atoms with van der Waals surface area (Å²) in [6.45, 7) is 10.7. The topological polar surface area (TPSA) is 47.6 Å². The number of carbonyl (C=O) groups excluding carboxylic acids is 1. The molecule has 0 saturated heterocycles. The zero-order valence-electron chi connectivity index (χ0n) is 18.5. The van der Waals surface area contributed by atoms with E-state index in [4.69, 9.17) is 9.47 Å². The number of amides is 1. The zero-order chi connectivity index (χ0) is 21.2. The first-order chi connectivity index (χ1) is 13.6. The summed E-state index contributed by atoms with van der Waals surface area (Å²) in [5, 5.41) is 3.21. The SMILES string of the molecule is COc1ccc2c(c1)[C@H](NC(=O)CCc1ccc(C(C)(C)C)cc1)CC(C)(C)O2. The van der Waals surface area contributed by atoms with Gasteiger partial charge in [-0.25, -0.2) is 0 Å². The van der Waals surface area contributed by atoms with E-state index in [1.165, 1.54) is 11.1 Å². The molecular formula is C25H33NO3. The van der Waals surface area contributed by atoms with Crippen LogP contribution < -0.4 is 14.8 Å². The highest BCUT2D eigenvalue weighted by Gasteiger charge is 2.34. The highest BCUT2D eigenvalue weighted by Crippen LogP contribution is 2.41. The molecule has 2 aromatic carbocycles. The predicted molar refractivity (Wildman–Crippen MR) is 117 cm³/mol. The van der Waals surface area contributed by atoms with Crippen molar-refractivity contribution in [2.75, 3.05) is 7.11 Å². The number of ether oxygens (including phenoxy) is 2. The van der Waals surface area contributed by atoms with Crippen molar-refractivity contribution in [3.05, 3.63) is 59.2 Å². The summed E-state index contributed by atoms with van der Waals surface area (Å²) < 4.78 is 11.4. The molecule has 0 bridgehead atoms. The number of hydrogen-bond acceptors (Lipinski definition) is 3. The van der Waals surface area contributed by atoms with Gasteiger partial charge in [0.1, 0.15) is 17.1 Å². The van der Waals surface area contributed by atoms with E-state index in [-0.39, 0.29) is 23.0 Å². The molecule has 1 aliphatic rings. The maximum Gasteiger partial charge on any atom is 0.220 e. The lowest BCUT2D eigenvalue weighted by Crippen LogP contribution is -2.41. The van der Waals surface area contributed by atoms with Gasteiger partial charge in [0.25, 0.3) is 0 Å². The third kappa shape index (κ3) is 5.31.